The molecule has 0 aliphatic heterocycles. The number of carbonyl (C=O) groups excluding carboxylic acids is 10. The van der Waals surface area contributed by atoms with Gasteiger partial charge in [-0.15, -0.1) is 5.92 Å². The van der Waals surface area contributed by atoms with Gasteiger partial charge in [0.25, 0.3) is 29.5 Å². The van der Waals surface area contributed by atoms with Gasteiger partial charge in [-0.1, -0.05) is 70.0 Å². The first-order valence-corrected chi connectivity index (χ1v) is 44.0. The van der Waals surface area contributed by atoms with Crippen LogP contribution in [0.5, 0.6) is 28.7 Å². The zero-order chi connectivity index (χ0) is 101. The summed E-state index contributed by atoms with van der Waals surface area (Å²) in [5, 5.41) is 16.2. The molecular formula is C101H80Cl5FN20O15. The van der Waals surface area contributed by atoms with Crippen molar-refractivity contribution >= 4 is 146 Å². The van der Waals surface area contributed by atoms with E-state index < -0.39 is 41.4 Å². The standard InChI is InChI=1S/C22H19ClN4O3.C22H17ClN4O3.C19H14ClFN4O3.2C19H15ClN4O3/c23-19-5-4-17(27-22(29)14-3-6-20(26-10-14)13-1-2-13)7-16(19)12-30-18-8-15(21(24)28)9-25-11-18;1-2-3-14-4-7-20(26-10-14)22(29)27-17-5-6-19(23)16(8-17)13-30-18-9-15(21(24)28)11-25-12-18;20-16-3-2-14(25-19(27)11-1-4-17(21)24-8-11)5-13(16)10-28-15-6-12(18(22)26)7-23-9-15;20-17-4-3-15(24-19(26)12-2-1-5-22-8-12)6-14(17)11-27-16-7-13(18(21)25)9-23-10-16;20-16-5-4-14(24-19(26)17-3-1-2-6-23-17)7-13(16)11-27-15-8-12(18(21)25)9-22-10-15/h3-11,13H,1-2,12H2,(H2,24,28)(H,27,29);4-12H,13H2,1H3,(H2,24,28)(H,27,29);1-9H,10H2,(H2,22,26)(H,25,27);2*1-10H,11H2,(H2,21,25)(H,24,26). The van der Waals surface area contributed by atoms with E-state index in [1.165, 1.54) is 105 Å². The van der Waals surface area contributed by atoms with Crippen LogP contribution in [-0.2, 0) is 33.0 Å². The molecule has 0 atom stereocenters. The average Bonchev–Trinajstić information content (AvgIpc) is 1.68. The van der Waals surface area contributed by atoms with Crippen molar-refractivity contribution in [1.82, 2.24) is 49.8 Å². The molecule has 15 N–H and O–H groups in total. The Bertz CT molecular complexity index is 7050. The molecule has 5 aromatic carbocycles. The molecule has 1 aliphatic rings. The minimum absolute atomic E-state index is 0.0740. The van der Waals surface area contributed by atoms with Crippen molar-refractivity contribution in [3.05, 3.63) is 413 Å². The highest BCUT2D eigenvalue weighted by atomic mass is 35.5. The van der Waals surface area contributed by atoms with Gasteiger partial charge < -0.3 is 78.9 Å². The number of aromatic nitrogens is 10. The normalized spacial score (nSPS) is 10.8. The molecule has 10 heterocycles. The summed E-state index contributed by atoms with van der Waals surface area (Å²) in [6.45, 7) is 2.28. The van der Waals surface area contributed by atoms with Gasteiger partial charge in [0.15, 0.2) is 0 Å². The molecule has 0 unspecified atom stereocenters. The fraction of sp³-hybridized carbons (Fsp3) is 0.0891. The lowest BCUT2D eigenvalue weighted by atomic mass is 10.1. The summed E-state index contributed by atoms with van der Waals surface area (Å²) < 4.78 is 41.1. The van der Waals surface area contributed by atoms with Crippen molar-refractivity contribution in [2.75, 3.05) is 26.6 Å². The summed E-state index contributed by atoms with van der Waals surface area (Å²) in [5.74, 6) is 2.73. The molecular weight excluding hydrogens is 1930 g/mol. The molecule has 16 rings (SSSR count). The minimum Gasteiger partial charge on any atom is -0.487 e. The Kier molecular flexibility index (Phi) is 37.0. The van der Waals surface area contributed by atoms with Crippen molar-refractivity contribution in [3.8, 4) is 40.6 Å². The van der Waals surface area contributed by atoms with E-state index in [0.717, 1.165) is 36.4 Å². The van der Waals surface area contributed by atoms with Crippen LogP contribution in [-0.4, -0.2) is 109 Å². The van der Waals surface area contributed by atoms with E-state index in [-0.39, 0.29) is 95.7 Å². The second kappa shape index (κ2) is 50.9. The Morgan fingerprint density at radius 1 is 0.317 bits per heavy atom. The van der Waals surface area contributed by atoms with Crippen LogP contribution in [0.2, 0.25) is 25.1 Å². The molecule has 0 radical (unpaired) electrons. The maximum Gasteiger partial charge on any atom is 0.274 e. The zero-order valence-corrected chi connectivity index (χ0v) is 78.2. The van der Waals surface area contributed by atoms with Crippen LogP contribution in [0, 0.1) is 17.8 Å². The Hall–Kier alpha value is -17.8. The van der Waals surface area contributed by atoms with Gasteiger partial charge in [-0.3, -0.25) is 87.8 Å². The highest BCUT2D eigenvalue weighted by molar-refractivity contribution is 6.33. The molecule has 1 fully saturated rings. The number of nitrogens with zero attached hydrogens (tertiary/aromatic N) is 10. The van der Waals surface area contributed by atoms with Gasteiger partial charge in [-0.2, -0.15) is 4.39 Å². The molecule has 15 aromatic rings. The third kappa shape index (κ3) is 31.7. The summed E-state index contributed by atoms with van der Waals surface area (Å²) in [6, 6.07) is 50.5. The first-order chi connectivity index (χ1) is 68.4. The van der Waals surface area contributed by atoms with Crippen LogP contribution in [0.15, 0.2) is 287 Å². The number of benzene rings is 5. The number of hydrogen-bond acceptors (Lipinski definition) is 25. The lowest BCUT2D eigenvalue weighted by Crippen LogP contribution is -2.14. The van der Waals surface area contributed by atoms with Crippen LogP contribution < -0.4 is 78.9 Å². The molecule has 10 aromatic heterocycles. The Balaban J connectivity index is 0.000000159. The fourth-order valence-electron chi connectivity index (χ4n) is 12.2. The van der Waals surface area contributed by atoms with Crippen molar-refractivity contribution in [3.63, 3.8) is 0 Å². The number of hydrogen-bond donors (Lipinski definition) is 10. The third-order valence-corrected chi connectivity index (χ3v) is 21.4. The molecule has 35 nitrogen and oxygen atoms in total. The highest BCUT2D eigenvalue weighted by Gasteiger charge is 2.26. The van der Waals surface area contributed by atoms with Gasteiger partial charge in [-0.05, 0) is 202 Å². The maximum absolute atomic E-state index is 12.9. The molecule has 41 heteroatoms. The molecule has 0 spiro atoms. The van der Waals surface area contributed by atoms with E-state index >= 15 is 0 Å². The quantitative estimate of drug-likeness (QED) is 0.0142. The minimum atomic E-state index is -0.669. The van der Waals surface area contributed by atoms with Crippen LogP contribution >= 0.6 is 58.0 Å². The Labute approximate surface area is 833 Å². The third-order valence-electron chi connectivity index (χ3n) is 19.6. The van der Waals surface area contributed by atoms with Crippen molar-refractivity contribution in [2.24, 2.45) is 28.7 Å². The fourth-order valence-corrected chi connectivity index (χ4v) is 13.1. The predicted octanol–water partition coefficient (Wildman–Crippen LogP) is 16.7. The largest absolute Gasteiger partial charge is 0.487 e. The number of halogens is 6. The Morgan fingerprint density at radius 2 is 0.641 bits per heavy atom. The second-order valence-electron chi connectivity index (χ2n) is 30.0. The molecule has 1 aliphatic carbocycles. The van der Waals surface area contributed by atoms with E-state index in [2.05, 4.69) is 88.3 Å². The second-order valence-corrected chi connectivity index (χ2v) is 32.0. The number of nitrogens with one attached hydrogen (secondary N) is 5. The lowest BCUT2D eigenvalue weighted by Gasteiger charge is -2.11. The topological polar surface area (TPSA) is 536 Å². The van der Waals surface area contributed by atoms with E-state index in [9.17, 15) is 52.3 Å². The van der Waals surface area contributed by atoms with Crippen LogP contribution in [0.4, 0.5) is 32.8 Å². The maximum atomic E-state index is 12.9. The van der Waals surface area contributed by atoms with Crippen LogP contribution in [0.3, 0.4) is 0 Å². The number of amides is 10. The lowest BCUT2D eigenvalue weighted by molar-refractivity contribution is 0.0991. The van der Waals surface area contributed by atoms with Gasteiger partial charge in [0.1, 0.15) is 73.2 Å². The van der Waals surface area contributed by atoms with E-state index in [0.29, 0.717) is 133 Å². The summed E-state index contributed by atoms with van der Waals surface area (Å²) in [7, 11) is 0. The van der Waals surface area contributed by atoms with Gasteiger partial charge in [0, 0.05) is 167 Å². The number of pyridine rings is 10. The van der Waals surface area contributed by atoms with Crippen LogP contribution in [0.25, 0.3) is 0 Å². The zero-order valence-electron chi connectivity index (χ0n) is 74.4. The highest BCUT2D eigenvalue weighted by Crippen LogP contribution is 2.39. The van der Waals surface area contributed by atoms with Crippen LogP contribution in [0.1, 0.15) is 169 Å². The van der Waals surface area contributed by atoms with Crippen molar-refractivity contribution in [2.45, 2.75) is 58.7 Å². The molecule has 10 amide bonds. The number of ether oxygens (including phenoxy) is 5. The number of rotatable bonds is 31. The van der Waals surface area contributed by atoms with Gasteiger partial charge in [-0.25, -0.2) is 9.97 Å². The van der Waals surface area contributed by atoms with E-state index in [1.807, 2.05) is 6.07 Å². The molecule has 142 heavy (non-hydrogen) atoms. The first kappa shape index (κ1) is 103. The molecule has 0 saturated heterocycles. The monoisotopic (exact) mass is 2010 g/mol. The first-order valence-electron chi connectivity index (χ1n) is 42.1. The van der Waals surface area contributed by atoms with E-state index in [1.54, 1.807) is 171 Å². The summed E-state index contributed by atoms with van der Waals surface area (Å²) >= 11 is 31.1. The number of primary amides is 5. The summed E-state index contributed by atoms with van der Waals surface area (Å²) in [5.41, 5.74) is 36.8. The SMILES string of the molecule is CC#Cc1ccc(C(=O)Nc2ccc(Cl)c(COc3cncc(C(N)=O)c3)c2)nc1.NC(=O)c1cncc(OCc2cc(NC(=O)c3ccc(C4CC4)nc3)ccc2Cl)c1.NC(=O)c1cncc(OCc2cc(NC(=O)c3ccc(F)nc3)ccc2Cl)c1.NC(=O)c1cncc(OCc2cc(NC(=O)c3ccccn3)ccc2Cl)c1.NC(=O)c1cncc(OCc2cc(NC(=O)c3cccnc3)ccc2Cl)c1. The van der Waals surface area contributed by atoms with Gasteiger partial charge in [0.05, 0.1) is 75.5 Å². The summed E-state index contributed by atoms with van der Waals surface area (Å²) in [6.07, 6.45) is 25.3. The number of carbonyl (C=O) groups is 10. The predicted molar refractivity (Wildman–Crippen MR) is 528 cm³/mol. The van der Waals surface area contributed by atoms with E-state index in [4.69, 9.17) is 110 Å². The average molecular weight is 2010 g/mol. The molecule has 0 bridgehead atoms. The van der Waals surface area contributed by atoms with Crippen molar-refractivity contribution < 1.29 is 76.0 Å². The van der Waals surface area contributed by atoms with Gasteiger partial charge >= 0.3 is 0 Å². The summed E-state index contributed by atoms with van der Waals surface area (Å²) in [4.78, 5) is 157. The molecule has 716 valence electrons. The number of anilines is 5. The number of nitrogens with two attached hydrogens (primary N) is 5. The van der Waals surface area contributed by atoms with Gasteiger partial charge in [0.2, 0.25) is 35.5 Å². The Morgan fingerprint density at radius 3 is 0.915 bits per heavy atom. The van der Waals surface area contributed by atoms with Crippen molar-refractivity contribution in [1.29, 1.82) is 0 Å². The molecule has 1 saturated carbocycles. The smallest absolute Gasteiger partial charge is 0.274 e.